The van der Waals surface area contributed by atoms with E-state index in [-0.39, 0.29) is 25.8 Å². The summed E-state index contributed by atoms with van der Waals surface area (Å²) in [6.07, 6.45) is -3.80. The maximum absolute atomic E-state index is 14.9. The van der Waals surface area contributed by atoms with Crippen molar-refractivity contribution in [3.63, 3.8) is 0 Å². The van der Waals surface area contributed by atoms with Crippen LogP contribution < -0.4 is 10.6 Å². The minimum Gasteiger partial charge on any atom is -0.460 e. The third kappa shape index (κ3) is 7.33. The van der Waals surface area contributed by atoms with Gasteiger partial charge in [0.15, 0.2) is 11.8 Å². The number of halogens is 1. The molecule has 2 bridgehead atoms. The van der Waals surface area contributed by atoms with Crippen LogP contribution in [0.25, 0.3) is 0 Å². The molecule has 0 radical (unpaired) electrons. The Bertz CT molecular complexity index is 1740. The van der Waals surface area contributed by atoms with Crippen LogP contribution in [0, 0.1) is 8.99 Å². The van der Waals surface area contributed by atoms with E-state index in [0.717, 1.165) is 20.3 Å². The number of carbonyl (C=O) groups excluding carboxylic acids is 4. The predicted octanol–water partition coefficient (Wildman–Crippen LogP) is 1.83. The number of aliphatic hydroxyl groups is 2. The number of hydrogen-bond donors (Lipinski definition) is 4. The second-order valence-corrected chi connectivity index (χ2v) is 17.0. The van der Waals surface area contributed by atoms with Gasteiger partial charge in [0.25, 0.3) is 0 Å². The Kier molecular flexibility index (Phi) is 10.4. The molecule has 9 atom stereocenters. The number of benzene rings is 2. The van der Waals surface area contributed by atoms with Gasteiger partial charge in [0.05, 0.1) is 25.3 Å². The molecule has 3 aliphatic heterocycles. The number of rotatable bonds is 11. The quantitative estimate of drug-likeness (QED) is 0.191. The Balaban J connectivity index is 1.16. The van der Waals surface area contributed by atoms with Gasteiger partial charge < -0.3 is 39.8 Å². The summed E-state index contributed by atoms with van der Waals surface area (Å²) < 4.78 is 25.8. The SMILES string of the molecule is CC(O)C(NC(=O)C12CC3OC(=O)C1N(Cc1cccc(I)c1)OC2C1OC2(Cc4ccccc4C2)OC31)C(=O)NC(CO)CCC(=O)OC(C)(C)C. The normalized spacial score (nSPS) is 29.8. The summed E-state index contributed by atoms with van der Waals surface area (Å²) in [6, 6.07) is 12.1. The first kappa shape index (κ1) is 38.1. The molecule has 4 N–H and O–H groups in total. The second-order valence-electron chi connectivity index (χ2n) is 15.8. The number of esters is 2. The van der Waals surface area contributed by atoms with Crippen molar-refractivity contribution in [2.45, 2.75) is 126 Å². The first-order chi connectivity index (χ1) is 25.1. The van der Waals surface area contributed by atoms with E-state index in [1.807, 2.05) is 48.5 Å². The Morgan fingerprint density at radius 1 is 1.06 bits per heavy atom. The molecule has 3 heterocycles. The highest BCUT2D eigenvalue weighted by Crippen LogP contribution is 2.58. The number of carbonyl (C=O) groups is 4. The average molecular weight is 848 g/mol. The van der Waals surface area contributed by atoms with Gasteiger partial charge in [-0.15, -0.1) is 0 Å². The van der Waals surface area contributed by atoms with Crippen LogP contribution in [-0.2, 0) is 62.3 Å². The molecule has 3 saturated heterocycles. The maximum Gasteiger partial charge on any atom is 0.327 e. The smallest absolute Gasteiger partial charge is 0.327 e. The molecule has 14 nitrogen and oxygen atoms in total. The van der Waals surface area contributed by atoms with Crippen LogP contribution >= 0.6 is 22.6 Å². The van der Waals surface area contributed by atoms with E-state index in [1.165, 1.54) is 12.0 Å². The number of aliphatic hydroxyl groups excluding tert-OH is 2. The highest BCUT2D eigenvalue weighted by Gasteiger charge is 2.76. The second kappa shape index (κ2) is 14.5. The minimum atomic E-state index is -1.59. The van der Waals surface area contributed by atoms with Crippen LogP contribution in [0.4, 0.5) is 0 Å². The third-order valence-electron chi connectivity index (χ3n) is 10.7. The van der Waals surface area contributed by atoms with E-state index in [1.54, 1.807) is 20.8 Å². The summed E-state index contributed by atoms with van der Waals surface area (Å²) in [5.41, 5.74) is 0.719. The lowest BCUT2D eigenvalue weighted by molar-refractivity contribution is -0.217. The van der Waals surface area contributed by atoms with Crippen molar-refractivity contribution in [2.75, 3.05) is 6.61 Å². The first-order valence-corrected chi connectivity index (χ1v) is 19.1. The zero-order valence-electron chi connectivity index (χ0n) is 30.1. The zero-order chi connectivity index (χ0) is 37.9. The Morgan fingerprint density at radius 3 is 2.40 bits per heavy atom. The van der Waals surface area contributed by atoms with Crippen LogP contribution in [0.3, 0.4) is 0 Å². The molecule has 1 saturated carbocycles. The highest BCUT2D eigenvalue weighted by atomic mass is 127. The molecule has 286 valence electrons. The van der Waals surface area contributed by atoms with Crippen LogP contribution in [0.1, 0.15) is 63.6 Å². The lowest BCUT2D eigenvalue weighted by atomic mass is 9.62. The Hall–Kier alpha value is -3.19. The summed E-state index contributed by atoms with van der Waals surface area (Å²) in [5, 5.41) is 27.7. The number of hydroxylamine groups is 2. The largest absolute Gasteiger partial charge is 0.460 e. The van der Waals surface area contributed by atoms with Gasteiger partial charge in [-0.2, -0.15) is 5.06 Å². The molecule has 15 heteroatoms. The summed E-state index contributed by atoms with van der Waals surface area (Å²) in [6.45, 7) is 6.23. The van der Waals surface area contributed by atoms with Crippen molar-refractivity contribution in [3.8, 4) is 0 Å². The fourth-order valence-corrected chi connectivity index (χ4v) is 9.05. The molecule has 5 aliphatic rings. The molecule has 2 aromatic carbocycles. The summed E-state index contributed by atoms with van der Waals surface area (Å²) in [5.74, 6) is -3.66. The average Bonchev–Trinajstić information content (AvgIpc) is 3.75. The van der Waals surface area contributed by atoms with Gasteiger partial charge in [-0.25, -0.2) is 0 Å². The van der Waals surface area contributed by atoms with Gasteiger partial charge in [-0.1, -0.05) is 36.4 Å². The van der Waals surface area contributed by atoms with E-state index in [4.69, 9.17) is 23.8 Å². The summed E-state index contributed by atoms with van der Waals surface area (Å²) >= 11 is 2.20. The number of hydrogen-bond acceptors (Lipinski definition) is 12. The van der Waals surface area contributed by atoms with E-state index in [0.29, 0.717) is 12.8 Å². The first-order valence-electron chi connectivity index (χ1n) is 18.0. The molecular formula is C38H46IN3O11. The lowest BCUT2D eigenvalue weighted by Crippen LogP contribution is -2.71. The highest BCUT2D eigenvalue weighted by molar-refractivity contribution is 14.1. The molecule has 7 rings (SSSR count). The van der Waals surface area contributed by atoms with Crippen LogP contribution in [0.5, 0.6) is 0 Å². The predicted molar refractivity (Wildman–Crippen MR) is 194 cm³/mol. The van der Waals surface area contributed by atoms with Crippen molar-refractivity contribution < 1.29 is 53.2 Å². The van der Waals surface area contributed by atoms with Gasteiger partial charge in [0, 0.05) is 29.3 Å². The Labute approximate surface area is 321 Å². The van der Waals surface area contributed by atoms with E-state index < -0.39 is 95.8 Å². The van der Waals surface area contributed by atoms with Crippen molar-refractivity contribution in [1.29, 1.82) is 0 Å². The molecule has 0 aromatic heterocycles. The van der Waals surface area contributed by atoms with E-state index in [9.17, 15) is 29.4 Å². The fourth-order valence-electron chi connectivity index (χ4n) is 8.44. The third-order valence-corrected chi connectivity index (χ3v) is 11.3. The summed E-state index contributed by atoms with van der Waals surface area (Å²) in [7, 11) is 0. The Morgan fingerprint density at radius 2 is 1.75 bits per heavy atom. The van der Waals surface area contributed by atoms with Crippen LogP contribution in [-0.4, -0.2) is 106 Å². The molecule has 2 aliphatic carbocycles. The number of amides is 2. The van der Waals surface area contributed by atoms with Crippen LogP contribution in [0.2, 0.25) is 0 Å². The van der Waals surface area contributed by atoms with Crippen molar-refractivity contribution in [2.24, 2.45) is 5.41 Å². The van der Waals surface area contributed by atoms with Crippen molar-refractivity contribution >= 4 is 46.3 Å². The van der Waals surface area contributed by atoms with Gasteiger partial charge in [-0.3, -0.25) is 24.0 Å². The molecule has 2 amide bonds. The minimum absolute atomic E-state index is 0.0274. The fraction of sp³-hybridized carbons (Fsp3) is 0.579. The van der Waals surface area contributed by atoms with Crippen LogP contribution in [0.15, 0.2) is 48.5 Å². The molecule has 53 heavy (non-hydrogen) atoms. The number of ether oxygens (including phenoxy) is 4. The monoisotopic (exact) mass is 847 g/mol. The standard InChI is InChI=1S/C38H46IN3O11/c1-20(44)28(33(46)40-25(19-43)12-13-27(45)50-36(2,3)4)41-35(48)38-17-26-29-30(52-37(51-29)15-22-9-5-6-10-23(22)16-37)32(38)53-42(31(38)34(47)49-26)18-21-8-7-11-24(39)14-21/h5-11,14,20,25-26,28-32,43-44H,12-13,15-19H2,1-4H3,(H,40,46)(H,41,48). The van der Waals surface area contributed by atoms with Gasteiger partial charge in [0.2, 0.25) is 11.8 Å². The van der Waals surface area contributed by atoms with Gasteiger partial charge in [0.1, 0.15) is 41.5 Å². The van der Waals surface area contributed by atoms with Crippen molar-refractivity contribution in [3.05, 3.63) is 68.8 Å². The number of nitrogens with one attached hydrogen (secondary N) is 2. The molecule has 2 aromatic rings. The lowest BCUT2D eigenvalue weighted by Gasteiger charge is -2.49. The van der Waals surface area contributed by atoms with E-state index in [2.05, 4.69) is 33.2 Å². The molecule has 1 spiro atoms. The molecule has 9 unspecified atom stereocenters. The van der Waals surface area contributed by atoms with Crippen molar-refractivity contribution in [1.82, 2.24) is 15.7 Å². The molecule has 4 fully saturated rings. The maximum atomic E-state index is 14.9. The van der Waals surface area contributed by atoms with Gasteiger partial charge >= 0.3 is 11.9 Å². The number of nitrogens with zero attached hydrogens (tertiary/aromatic N) is 1. The topological polar surface area (TPSA) is 182 Å². The zero-order valence-corrected chi connectivity index (χ0v) is 32.2. The summed E-state index contributed by atoms with van der Waals surface area (Å²) in [4.78, 5) is 61.5. The molecular weight excluding hydrogens is 801 g/mol. The van der Waals surface area contributed by atoms with E-state index >= 15 is 0 Å². The van der Waals surface area contributed by atoms with Gasteiger partial charge in [-0.05, 0) is 85.5 Å². The number of fused-ring (bicyclic) bond motifs is 5.